The molecule has 0 aliphatic heterocycles. The van der Waals surface area contributed by atoms with Crippen LogP contribution in [0.5, 0.6) is 11.5 Å². The van der Waals surface area contributed by atoms with E-state index in [1.54, 1.807) is 36.3 Å². The van der Waals surface area contributed by atoms with Crippen molar-refractivity contribution in [2.75, 3.05) is 14.2 Å². The molecule has 0 atom stereocenters. The second-order valence-electron chi connectivity index (χ2n) is 6.31. The Kier molecular flexibility index (Phi) is 6.38. The van der Waals surface area contributed by atoms with Gasteiger partial charge in [-0.1, -0.05) is 18.2 Å². The Hall–Kier alpha value is -3.49. The zero-order chi connectivity index (χ0) is 20.8. The van der Waals surface area contributed by atoms with Gasteiger partial charge in [-0.15, -0.1) is 0 Å². The lowest BCUT2D eigenvalue weighted by Gasteiger charge is -2.19. The molecule has 0 N–H and O–H groups in total. The molecular weight excluding hydrogens is 382 g/mol. The second-order valence-corrected chi connectivity index (χ2v) is 6.31. The van der Waals surface area contributed by atoms with E-state index < -0.39 is 6.61 Å². The molecule has 152 valence electrons. The van der Waals surface area contributed by atoms with Crippen LogP contribution in [0, 0.1) is 0 Å². The fourth-order valence-electron chi connectivity index (χ4n) is 2.83. The van der Waals surface area contributed by atoms with Gasteiger partial charge in [0, 0.05) is 19.2 Å². The summed E-state index contributed by atoms with van der Waals surface area (Å²) < 4.78 is 36.4. The van der Waals surface area contributed by atoms with E-state index in [1.807, 2.05) is 12.1 Å². The van der Waals surface area contributed by atoms with Gasteiger partial charge in [0.15, 0.2) is 11.5 Å². The van der Waals surface area contributed by atoms with Crippen LogP contribution in [-0.2, 0) is 13.1 Å². The van der Waals surface area contributed by atoms with Crippen LogP contribution in [0.1, 0.15) is 21.5 Å². The van der Waals surface area contributed by atoms with Gasteiger partial charge in [0.1, 0.15) is 12.7 Å². The SMILES string of the molecule is COc1ccc(CN(C)C(=O)c2ccc(Cn3cncn3)cc2)cc1OC(F)F. The standard InChI is InChI=1S/C20H20F2N4O3/c1-25(10-15-5-8-17(28-2)18(9-15)29-20(21)22)19(27)16-6-3-14(4-7-16)11-26-13-23-12-24-26/h3-9,12-13,20H,10-11H2,1-2H3. The maximum Gasteiger partial charge on any atom is 0.387 e. The molecule has 0 bridgehead atoms. The number of methoxy groups -OCH3 is 1. The molecule has 2 aromatic carbocycles. The van der Waals surface area contributed by atoms with Crippen LogP contribution in [-0.4, -0.2) is 46.3 Å². The molecular formula is C20H20F2N4O3. The van der Waals surface area contributed by atoms with Gasteiger partial charge in [0.25, 0.3) is 5.91 Å². The Labute approximate surface area is 166 Å². The molecule has 0 spiro atoms. The van der Waals surface area contributed by atoms with Crippen LogP contribution in [0.15, 0.2) is 55.1 Å². The van der Waals surface area contributed by atoms with Gasteiger partial charge in [-0.3, -0.25) is 4.79 Å². The number of carbonyl (C=O) groups is 1. The van der Waals surface area contributed by atoms with Gasteiger partial charge in [0.2, 0.25) is 0 Å². The first-order valence-corrected chi connectivity index (χ1v) is 8.75. The number of amides is 1. The van der Waals surface area contributed by atoms with Crippen LogP contribution >= 0.6 is 0 Å². The predicted molar refractivity (Wildman–Crippen MR) is 101 cm³/mol. The van der Waals surface area contributed by atoms with E-state index in [1.165, 1.54) is 30.5 Å². The summed E-state index contributed by atoms with van der Waals surface area (Å²) in [5, 5.41) is 4.05. The molecule has 0 unspecified atom stereocenters. The van der Waals surface area contributed by atoms with Crippen molar-refractivity contribution >= 4 is 5.91 Å². The normalized spacial score (nSPS) is 10.8. The molecule has 7 nitrogen and oxygen atoms in total. The molecule has 0 radical (unpaired) electrons. The minimum absolute atomic E-state index is 0.0710. The topological polar surface area (TPSA) is 69.5 Å². The maximum atomic E-state index is 12.7. The highest BCUT2D eigenvalue weighted by atomic mass is 19.3. The lowest BCUT2D eigenvalue weighted by atomic mass is 10.1. The minimum Gasteiger partial charge on any atom is -0.493 e. The fourth-order valence-corrected chi connectivity index (χ4v) is 2.83. The minimum atomic E-state index is -2.96. The molecule has 1 amide bonds. The Morgan fingerprint density at radius 1 is 1.14 bits per heavy atom. The predicted octanol–water partition coefficient (Wildman–Crippen LogP) is 3.21. The maximum absolute atomic E-state index is 12.7. The average molecular weight is 402 g/mol. The van der Waals surface area contributed by atoms with Crippen LogP contribution < -0.4 is 9.47 Å². The first-order valence-electron chi connectivity index (χ1n) is 8.75. The van der Waals surface area contributed by atoms with Crippen molar-refractivity contribution in [3.05, 3.63) is 71.8 Å². The summed E-state index contributed by atoms with van der Waals surface area (Å²) in [4.78, 5) is 18.1. The summed E-state index contributed by atoms with van der Waals surface area (Å²) in [7, 11) is 3.01. The number of benzene rings is 2. The molecule has 3 aromatic rings. The molecule has 0 aliphatic carbocycles. The summed E-state index contributed by atoms with van der Waals surface area (Å²) in [6.07, 6.45) is 3.08. The van der Waals surface area contributed by atoms with Crippen molar-refractivity contribution in [1.82, 2.24) is 19.7 Å². The van der Waals surface area contributed by atoms with Crippen molar-refractivity contribution in [3.8, 4) is 11.5 Å². The average Bonchev–Trinajstić information content (AvgIpc) is 3.21. The number of hydrogen-bond acceptors (Lipinski definition) is 5. The molecule has 1 heterocycles. The van der Waals surface area contributed by atoms with Crippen molar-refractivity contribution in [1.29, 1.82) is 0 Å². The number of halogens is 2. The number of hydrogen-bond donors (Lipinski definition) is 0. The summed E-state index contributed by atoms with van der Waals surface area (Å²) >= 11 is 0. The fraction of sp³-hybridized carbons (Fsp3) is 0.250. The Morgan fingerprint density at radius 3 is 2.48 bits per heavy atom. The van der Waals surface area contributed by atoms with E-state index >= 15 is 0 Å². The highest BCUT2D eigenvalue weighted by molar-refractivity contribution is 5.94. The van der Waals surface area contributed by atoms with Crippen molar-refractivity contribution in [3.63, 3.8) is 0 Å². The quantitative estimate of drug-likeness (QED) is 0.579. The highest BCUT2D eigenvalue weighted by Crippen LogP contribution is 2.30. The first-order chi connectivity index (χ1) is 14.0. The van der Waals surface area contributed by atoms with E-state index in [-0.39, 0.29) is 24.0 Å². The van der Waals surface area contributed by atoms with Gasteiger partial charge in [-0.05, 0) is 35.4 Å². The lowest BCUT2D eigenvalue weighted by Crippen LogP contribution is -2.26. The van der Waals surface area contributed by atoms with Crippen LogP contribution in [0.2, 0.25) is 0 Å². The third-order valence-electron chi connectivity index (χ3n) is 4.22. The zero-order valence-corrected chi connectivity index (χ0v) is 16.0. The number of carbonyl (C=O) groups excluding carboxylic acids is 1. The van der Waals surface area contributed by atoms with Crippen LogP contribution in [0.4, 0.5) is 8.78 Å². The molecule has 0 saturated carbocycles. The van der Waals surface area contributed by atoms with Crippen molar-refractivity contribution < 1.29 is 23.0 Å². The third-order valence-corrected chi connectivity index (χ3v) is 4.22. The number of rotatable bonds is 8. The van der Waals surface area contributed by atoms with E-state index in [4.69, 9.17) is 4.74 Å². The molecule has 3 rings (SSSR count). The van der Waals surface area contributed by atoms with Crippen molar-refractivity contribution in [2.24, 2.45) is 0 Å². The van der Waals surface area contributed by atoms with E-state index in [9.17, 15) is 13.6 Å². The van der Waals surface area contributed by atoms with E-state index in [2.05, 4.69) is 14.8 Å². The molecule has 29 heavy (non-hydrogen) atoms. The van der Waals surface area contributed by atoms with Crippen LogP contribution in [0.3, 0.4) is 0 Å². The van der Waals surface area contributed by atoms with Gasteiger partial charge < -0.3 is 14.4 Å². The first kappa shape index (κ1) is 20.2. The summed E-state index contributed by atoms with van der Waals surface area (Å²) in [5.41, 5.74) is 2.14. The number of nitrogens with zero attached hydrogens (tertiary/aromatic N) is 4. The number of alkyl halides is 2. The summed E-state index contributed by atoms with van der Waals surface area (Å²) in [6, 6.07) is 11.9. The molecule has 9 heteroatoms. The molecule has 0 fully saturated rings. The lowest BCUT2D eigenvalue weighted by molar-refractivity contribution is -0.0512. The van der Waals surface area contributed by atoms with Gasteiger partial charge in [-0.2, -0.15) is 13.9 Å². The van der Waals surface area contributed by atoms with Crippen LogP contribution in [0.25, 0.3) is 0 Å². The Morgan fingerprint density at radius 2 is 1.86 bits per heavy atom. The molecule has 0 saturated heterocycles. The number of aromatic nitrogens is 3. The summed E-state index contributed by atoms with van der Waals surface area (Å²) in [6.45, 7) is -2.18. The smallest absolute Gasteiger partial charge is 0.387 e. The molecule has 1 aromatic heterocycles. The largest absolute Gasteiger partial charge is 0.493 e. The zero-order valence-electron chi connectivity index (χ0n) is 16.0. The second kappa shape index (κ2) is 9.13. The monoisotopic (exact) mass is 402 g/mol. The highest BCUT2D eigenvalue weighted by Gasteiger charge is 2.15. The summed E-state index contributed by atoms with van der Waals surface area (Å²) in [5.74, 6) is -0.0613. The Balaban J connectivity index is 1.67. The van der Waals surface area contributed by atoms with Gasteiger partial charge >= 0.3 is 6.61 Å². The van der Waals surface area contributed by atoms with Gasteiger partial charge in [-0.25, -0.2) is 9.67 Å². The third kappa shape index (κ3) is 5.28. The Bertz CT molecular complexity index is 947. The number of ether oxygens (including phenoxy) is 2. The van der Waals surface area contributed by atoms with Gasteiger partial charge in [0.05, 0.1) is 13.7 Å². The van der Waals surface area contributed by atoms with E-state index in [0.717, 1.165) is 5.56 Å². The van der Waals surface area contributed by atoms with E-state index in [0.29, 0.717) is 17.7 Å². The van der Waals surface area contributed by atoms with Crippen molar-refractivity contribution in [2.45, 2.75) is 19.7 Å². The molecule has 0 aliphatic rings.